The zero-order chi connectivity index (χ0) is 14.3. The summed E-state index contributed by atoms with van der Waals surface area (Å²) in [7, 11) is 0. The largest absolute Gasteiger partial charge is 0.485 e. The van der Waals surface area contributed by atoms with Gasteiger partial charge in [0, 0.05) is 22.5 Å². The molecule has 0 saturated carbocycles. The van der Waals surface area contributed by atoms with E-state index in [1.807, 2.05) is 6.07 Å². The molecule has 0 radical (unpaired) electrons. The molecule has 1 aliphatic heterocycles. The van der Waals surface area contributed by atoms with Crippen LogP contribution >= 0.6 is 15.9 Å². The Morgan fingerprint density at radius 2 is 1.80 bits per heavy atom. The fourth-order valence-corrected chi connectivity index (χ4v) is 2.72. The van der Waals surface area contributed by atoms with Crippen molar-refractivity contribution < 1.29 is 18.6 Å². The fraction of sp³-hybridized carbons (Fsp3) is 0.200. The lowest BCUT2D eigenvalue weighted by atomic mass is 9.95. The maximum Gasteiger partial charge on any atom is 0.127 e. The Morgan fingerprint density at radius 1 is 1.10 bits per heavy atom. The summed E-state index contributed by atoms with van der Waals surface area (Å²) < 4.78 is 33.1. The van der Waals surface area contributed by atoms with Crippen molar-refractivity contribution in [2.24, 2.45) is 0 Å². The number of aliphatic hydroxyl groups excluding tert-OH is 1. The average molecular weight is 341 g/mol. The van der Waals surface area contributed by atoms with Crippen molar-refractivity contribution in [2.75, 3.05) is 0 Å². The minimum absolute atomic E-state index is 0.261. The van der Waals surface area contributed by atoms with E-state index in [1.165, 1.54) is 12.1 Å². The molecule has 2 aromatic rings. The van der Waals surface area contributed by atoms with E-state index in [0.29, 0.717) is 16.9 Å². The van der Waals surface area contributed by atoms with Gasteiger partial charge in [-0.25, -0.2) is 8.78 Å². The second kappa shape index (κ2) is 5.14. The predicted molar refractivity (Wildman–Crippen MR) is 73.4 cm³/mol. The zero-order valence-corrected chi connectivity index (χ0v) is 11.9. The molecule has 0 aromatic heterocycles. The van der Waals surface area contributed by atoms with Gasteiger partial charge in [-0.3, -0.25) is 0 Å². The van der Waals surface area contributed by atoms with Gasteiger partial charge in [-0.05, 0) is 29.8 Å². The molecule has 0 aliphatic carbocycles. The van der Waals surface area contributed by atoms with Crippen LogP contribution in [0, 0.1) is 11.6 Å². The molecule has 1 N–H and O–H groups in total. The van der Waals surface area contributed by atoms with Gasteiger partial charge < -0.3 is 9.84 Å². The third kappa shape index (κ3) is 2.55. The van der Waals surface area contributed by atoms with Gasteiger partial charge in [-0.15, -0.1) is 0 Å². The molecule has 104 valence electrons. The summed E-state index contributed by atoms with van der Waals surface area (Å²) in [4.78, 5) is 0. The van der Waals surface area contributed by atoms with E-state index in [0.717, 1.165) is 10.5 Å². The number of halogens is 3. The molecule has 0 amide bonds. The van der Waals surface area contributed by atoms with E-state index >= 15 is 0 Å². The molecule has 20 heavy (non-hydrogen) atoms. The molecule has 0 bridgehead atoms. The summed E-state index contributed by atoms with van der Waals surface area (Å²) in [5, 5.41) is 10.1. The molecule has 3 rings (SSSR count). The van der Waals surface area contributed by atoms with Crippen LogP contribution in [0.25, 0.3) is 0 Å². The van der Waals surface area contributed by atoms with E-state index in [1.54, 1.807) is 12.1 Å². The Morgan fingerprint density at radius 3 is 2.50 bits per heavy atom. The van der Waals surface area contributed by atoms with Crippen LogP contribution in [0.3, 0.4) is 0 Å². The summed E-state index contributed by atoms with van der Waals surface area (Å²) in [6.45, 7) is 0. The number of ether oxygens (including phenoxy) is 1. The highest BCUT2D eigenvalue weighted by molar-refractivity contribution is 9.10. The van der Waals surface area contributed by atoms with Crippen molar-refractivity contribution in [2.45, 2.75) is 18.6 Å². The van der Waals surface area contributed by atoms with Crippen molar-refractivity contribution in [3.05, 3.63) is 63.6 Å². The maximum atomic E-state index is 13.3. The lowest BCUT2D eigenvalue weighted by Gasteiger charge is -2.30. The second-order valence-electron chi connectivity index (χ2n) is 4.74. The first-order chi connectivity index (χ1) is 9.52. The zero-order valence-electron chi connectivity index (χ0n) is 10.3. The quantitative estimate of drug-likeness (QED) is 0.839. The van der Waals surface area contributed by atoms with Gasteiger partial charge in [0.1, 0.15) is 23.5 Å². The summed E-state index contributed by atoms with van der Waals surface area (Å²) in [5.74, 6) is -0.788. The van der Waals surface area contributed by atoms with Crippen LogP contribution in [0.2, 0.25) is 0 Å². The molecule has 0 spiro atoms. The van der Waals surface area contributed by atoms with Gasteiger partial charge in [0.15, 0.2) is 0 Å². The van der Waals surface area contributed by atoms with Crippen LogP contribution < -0.4 is 4.74 Å². The van der Waals surface area contributed by atoms with Crippen LogP contribution in [0.4, 0.5) is 8.78 Å². The molecular formula is C15H11BrF2O2. The van der Waals surface area contributed by atoms with Crippen molar-refractivity contribution in [1.82, 2.24) is 0 Å². The first-order valence-corrected chi connectivity index (χ1v) is 6.92. The van der Waals surface area contributed by atoms with Crippen molar-refractivity contribution in [3.63, 3.8) is 0 Å². The smallest absolute Gasteiger partial charge is 0.127 e. The first kappa shape index (κ1) is 13.5. The summed E-state index contributed by atoms with van der Waals surface area (Å²) in [5.41, 5.74) is 1.06. The number of benzene rings is 2. The average Bonchev–Trinajstić information content (AvgIpc) is 2.36. The molecule has 5 heteroatoms. The van der Waals surface area contributed by atoms with Crippen LogP contribution in [-0.2, 0) is 0 Å². The normalized spacial score (nSPS) is 21.2. The highest BCUT2D eigenvalue weighted by atomic mass is 79.9. The molecule has 1 aliphatic rings. The van der Waals surface area contributed by atoms with Crippen molar-refractivity contribution >= 4 is 15.9 Å². The van der Waals surface area contributed by atoms with Crippen LogP contribution in [-0.4, -0.2) is 5.11 Å². The van der Waals surface area contributed by atoms with Crippen LogP contribution in [0.1, 0.15) is 29.8 Å². The predicted octanol–water partition coefficient (Wildman–Crippen LogP) is 4.28. The van der Waals surface area contributed by atoms with Gasteiger partial charge in [0.05, 0.1) is 6.10 Å². The SMILES string of the molecule is O[C@@H]1CC(c2cc(F)cc(F)c2)Oc2cc(Br)ccc21. The van der Waals surface area contributed by atoms with Crippen molar-refractivity contribution in [1.29, 1.82) is 0 Å². The molecule has 0 fully saturated rings. The summed E-state index contributed by atoms with van der Waals surface area (Å²) in [6.07, 6.45) is -1.03. The molecule has 2 aromatic carbocycles. The van der Waals surface area contributed by atoms with E-state index in [2.05, 4.69) is 15.9 Å². The molecule has 1 heterocycles. The second-order valence-corrected chi connectivity index (χ2v) is 5.66. The number of hydrogen-bond donors (Lipinski definition) is 1. The molecule has 2 atom stereocenters. The van der Waals surface area contributed by atoms with Gasteiger partial charge in [0.2, 0.25) is 0 Å². The first-order valence-electron chi connectivity index (χ1n) is 6.13. The number of aliphatic hydroxyl groups is 1. The fourth-order valence-electron chi connectivity index (χ4n) is 2.38. The lowest BCUT2D eigenvalue weighted by molar-refractivity contribution is 0.0653. The van der Waals surface area contributed by atoms with Crippen LogP contribution in [0.15, 0.2) is 40.9 Å². The molecule has 0 saturated heterocycles. The van der Waals surface area contributed by atoms with Crippen LogP contribution in [0.5, 0.6) is 5.75 Å². The minimum atomic E-state index is -0.719. The minimum Gasteiger partial charge on any atom is -0.485 e. The van der Waals surface area contributed by atoms with Gasteiger partial charge >= 0.3 is 0 Å². The Bertz CT molecular complexity index is 640. The van der Waals surface area contributed by atoms with Gasteiger partial charge in [-0.1, -0.05) is 22.0 Å². The Hall–Kier alpha value is -1.46. The Balaban J connectivity index is 1.98. The van der Waals surface area contributed by atoms with E-state index in [9.17, 15) is 13.9 Å². The highest BCUT2D eigenvalue weighted by Crippen LogP contribution is 2.42. The maximum absolute atomic E-state index is 13.3. The Labute approximate surface area is 123 Å². The standard InChI is InChI=1S/C15H11BrF2O2/c16-9-1-2-12-13(19)7-14(20-15(12)5-9)8-3-10(17)6-11(18)4-8/h1-6,13-14,19H,7H2/t13-,14?/m1/s1. The third-order valence-corrected chi connectivity index (χ3v) is 3.79. The van der Waals surface area contributed by atoms with Crippen molar-refractivity contribution in [3.8, 4) is 5.75 Å². The van der Waals surface area contributed by atoms with Gasteiger partial charge in [-0.2, -0.15) is 0 Å². The van der Waals surface area contributed by atoms with E-state index in [-0.39, 0.29) is 6.42 Å². The van der Waals surface area contributed by atoms with E-state index < -0.39 is 23.8 Å². The highest BCUT2D eigenvalue weighted by Gasteiger charge is 2.28. The molecule has 2 nitrogen and oxygen atoms in total. The summed E-state index contributed by atoms with van der Waals surface area (Å²) >= 11 is 3.33. The lowest BCUT2D eigenvalue weighted by Crippen LogP contribution is -2.19. The monoisotopic (exact) mass is 340 g/mol. The number of fused-ring (bicyclic) bond motifs is 1. The number of hydrogen-bond acceptors (Lipinski definition) is 2. The molecular weight excluding hydrogens is 330 g/mol. The molecule has 1 unspecified atom stereocenters. The Kier molecular flexibility index (Phi) is 3.48. The van der Waals surface area contributed by atoms with E-state index in [4.69, 9.17) is 4.74 Å². The number of rotatable bonds is 1. The topological polar surface area (TPSA) is 29.5 Å². The summed E-state index contributed by atoms with van der Waals surface area (Å²) in [6, 6.07) is 8.58. The third-order valence-electron chi connectivity index (χ3n) is 3.30. The van der Waals surface area contributed by atoms with Gasteiger partial charge in [0.25, 0.3) is 0 Å².